The van der Waals surface area contributed by atoms with Gasteiger partial charge in [0, 0.05) is 19.2 Å². The van der Waals surface area contributed by atoms with Gasteiger partial charge in [0.25, 0.3) is 0 Å². The second-order valence-corrected chi connectivity index (χ2v) is 4.43. The zero-order valence-electron chi connectivity index (χ0n) is 10.8. The summed E-state index contributed by atoms with van der Waals surface area (Å²) < 4.78 is 0. The number of H-pyrrole nitrogens is 1. The van der Waals surface area contributed by atoms with Gasteiger partial charge in [0.05, 0.1) is 6.54 Å². The number of hydrogen-bond acceptors (Lipinski definition) is 4. The molecule has 0 aliphatic carbocycles. The number of nitrogen functional groups attached to an aromatic ring is 1. The average Bonchev–Trinajstić information content (AvgIpc) is 2.89. The number of amides is 1. The Morgan fingerprint density at radius 2 is 2.32 bits per heavy atom. The number of nitrogens with two attached hydrogens (primary N) is 1. The number of nitrogens with zero attached hydrogens (tertiary/aromatic N) is 3. The molecule has 1 heterocycles. The molecule has 0 unspecified atom stereocenters. The Morgan fingerprint density at radius 1 is 1.47 bits per heavy atom. The van der Waals surface area contributed by atoms with Gasteiger partial charge in [-0.15, -0.1) is 0 Å². The van der Waals surface area contributed by atoms with E-state index in [1.807, 2.05) is 24.3 Å². The van der Waals surface area contributed by atoms with E-state index in [0.717, 1.165) is 11.3 Å². The highest BCUT2D eigenvalue weighted by molar-refractivity contribution is 5.76. The van der Waals surface area contributed by atoms with Crippen LogP contribution in [0.1, 0.15) is 17.8 Å². The lowest BCUT2D eigenvalue weighted by Gasteiger charge is -2.15. The molecule has 0 radical (unpaired) electrons. The smallest absolute Gasteiger partial charge is 0.223 e. The van der Waals surface area contributed by atoms with Gasteiger partial charge < -0.3 is 10.6 Å². The quantitative estimate of drug-likeness (QED) is 0.783. The van der Waals surface area contributed by atoms with Crippen LogP contribution in [-0.2, 0) is 17.8 Å². The molecular formula is C13H17N5O. The Kier molecular flexibility index (Phi) is 4.12. The van der Waals surface area contributed by atoms with Gasteiger partial charge in [-0.2, -0.15) is 5.10 Å². The lowest BCUT2D eigenvalue weighted by Crippen LogP contribution is -2.26. The molecule has 1 aromatic carbocycles. The van der Waals surface area contributed by atoms with Crippen LogP contribution in [0.5, 0.6) is 0 Å². The molecule has 0 saturated carbocycles. The van der Waals surface area contributed by atoms with Gasteiger partial charge in [-0.05, 0) is 24.1 Å². The highest BCUT2D eigenvalue weighted by atomic mass is 16.2. The molecule has 0 atom stereocenters. The summed E-state index contributed by atoms with van der Waals surface area (Å²) in [5.74, 6) is 0.749. The summed E-state index contributed by atoms with van der Waals surface area (Å²) in [5, 5.41) is 6.48. The standard InChI is InChI=1S/C13H17N5O/c1-18(8-12-15-9-16-17-12)13(19)6-5-10-3-2-4-11(14)7-10/h2-4,7,9H,5-6,8,14H2,1H3,(H,15,16,17). The maximum absolute atomic E-state index is 12.0. The largest absolute Gasteiger partial charge is 0.399 e. The molecule has 19 heavy (non-hydrogen) atoms. The number of carbonyl (C=O) groups excluding carboxylic acids is 1. The van der Waals surface area contributed by atoms with Crippen molar-refractivity contribution in [2.75, 3.05) is 12.8 Å². The van der Waals surface area contributed by atoms with Crippen LogP contribution in [0.15, 0.2) is 30.6 Å². The number of aryl methyl sites for hydroxylation is 1. The molecule has 0 aliphatic heterocycles. The molecule has 0 aliphatic rings. The maximum Gasteiger partial charge on any atom is 0.223 e. The van der Waals surface area contributed by atoms with Crippen LogP contribution < -0.4 is 5.73 Å². The first-order valence-electron chi connectivity index (χ1n) is 6.08. The predicted molar refractivity (Wildman–Crippen MR) is 72.0 cm³/mol. The first kappa shape index (κ1) is 13.1. The molecule has 1 amide bonds. The van der Waals surface area contributed by atoms with E-state index < -0.39 is 0 Å². The number of rotatable bonds is 5. The Bertz CT molecular complexity index is 538. The Morgan fingerprint density at radius 3 is 3.00 bits per heavy atom. The first-order valence-corrected chi connectivity index (χ1v) is 6.08. The fraction of sp³-hybridized carbons (Fsp3) is 0.308. The third-order valence-corrected chi connectivity index (χ3v) is 2.86. The monoisotopic (exact) mass is 259 g/mol. The number of benzene rings is 1. The second-order valence-electron chi connectivity index (χ2n) is 4.43. The van der Waals surface area contributed by atoms with Crippen molar-refractivity contribution in [3.05, 3.63) is 42.0 Å². The van der Waals surface area contributed by atoms with Crippen LogP contribution in [0.3, 0.4) is 0 Å². The van der Waals surface area contributed by atoms with Gasteiger partial charge in [0.1, 0.15) is 12.2 Å². The molecule has 6 heteroatoms. The van der Waals surface area contributed by atoms with E-state index >= 15 is 0 Å². The lowest BCUT2D eigenvalue weighted by atomic mass is 10.1. The number of carbonyl (C=O) groups is 1. The van der Waals surface area contributed by atoms with Crippen molar-refractivity contribution in [3.63, 3.8) is 0 Å². The van der Waals surface area contributed by atoms with Crippen molar-refractivity contribution in [2.24, 2.45) is 0 Å². The van der Waals surface area contributed by atoms with E-state index in [0.29, 0.717) is 25.2 Å². The number of aromatic nitrogens is 3. The maximum atomic E-state index is 12.0. The third kappa shape index (κ3) is 3.80. The number of anilines is 1. The van der Waals surface area contributed by atoms with Crippen molar-refractivity contribution in [1.29, 1.82) is 0 Å². The van der Waals surface area contributed by atoms with Crippen LogP contribution in [-0.4, -0.2) is 33.0 Å². The number of aromatic amines is 1. The minimum absolute atomic E-state index is 0.0684. The molecule has 2 rings (SSSR count). The zero-order valence-corrected chi connectivity index (χ0v) is 10.8. The van der Waals surface area contributed by atoms with Gasteiger partial charge in [-0.25, -0.2) is 4.98 Å². The second kappa shape index (κ2) is 5.99. The lowest BCUT2D eigenvalue weighted by molar-refractivity contribution is -0.130. The highest BCUT2D eigenvalue weighted by Crippen LogP contribution is 2.09. The fourth-order valence-electron chi connectivity index (χ4n) is 1.81. The number of nitrogens with one attached hydrogen (secondary N) is 1. The summed E-state index contributed by atoms with van der Waals surface area (Å²) in [4.78, 5) is 17.6. The molecule has 6 nitrogen and oxygen atoms in total. The topological polar surface area (TPSA) is 87.9 Å². The average molecular weight is 259 g/mol. The SMILES string of the molecule is CN(Cc1ncn[nH]1)C(=O)CCc1cccc(N)c1. The van der Waals surface area contributed by atoms with Crippen LogP contribution in [0, 0.1) is 0 Å². The third-order valence-electron chi connectivity index (χ3n) is 2.86. The molecule has 0 saturated heterocycles. The summed E-state index contributed by atoms with van der Waals surface area (Å²) in [7, 11) is 1.75. The zero-order chi connectivity index (χ0) is 13.7. The van der Waals surface area contributed by atoms with Gasteiger partial charge in [0.15, 0.2) is 0 Å². The normalized spacial score (nSPS) is 10.4. The molecule has 0 fully saturated rings. The van der Waals surface area contributed by atoms with Crippen LogP contribution >= 0.6 is 0 Å². The van der Waals surface area contributed by atoms with E-state index in [2.05, 4.69) is 15.2 Å². The van der Waals surface area contributed by atoms with Gasteiger partial charge in [-0.1, -0.05) is 12.1 Å². The molecule has 100 valence electrons. The Hall–Kier alpha value is -2.37. The predicted octanol–water partition coefficient (Wildman–Crippen LogP) is 0.978. The van der Waals surface area contributed by atoms with E-state index in [1.54, 1.807) is 11.9 Å². The first-order chi connectivity index (χ1) is 9.15. The minimum atomic E-state index is 0.0684. The summed E-state index contributed by atoms with van der Waals surface area (Å²) >= 11 is 0. The minimum Gasteiger partial charge on any atom is -0.399 e. The van der Waals surface area contributed by atoms with Crippen LogP contribution in [0.4, 0.5) is 5.69 Å². The Labute approximate surface area is 111 Å². The Balaban J connectivity index is 1.84. The summed E-state index contributed by atoms with van der Waals surface area (Å²) in [6, 6.07) is 7.60. The molecule has 1 aromatic heterocycles. The van der Waals surface area contributed by atoms with Crippen molar-refractivity contribution < 1.29 is 4.79 Å². The van der Waals surface area contributed by atoms with Crippen LogP contribution in [0.25, 0.3) is 0 Å². The van der Waals surface area contributed by atoms with Crippen molar-refractivity contribution in [2.45, 2.75) is 19.4 Å². The van der Waals surface area contributed by atoms with Gasteiger partial charge in [-0.3, -0.25) is 9.89 Å². The summed E-state index contributed by atoms with van der Waals surface area (Å²) in [6.07, 6.45) is 2.57. The van der Waals surface area contributed by atoms with Crippen LogP contribution in [0.2, 0.25) is 0 Å². The van der Waals surface area contributed by atoms with E-state index in [4.69, 9.17) is 5.73 Å². The summed E-state index contributed by atoms with van der Waals surface area (Å²) in [6.45, 7) is 0.440. The van der Waals surface area contributed by atoms with Crippen molar-refractivity contribution >= 4 is 11.6 Å². The molecule has 2 aromatic rings. The summed E-state index contributed by atoms with van der Waals surface area (Å²) in [5.41, 5.74) is 7.49. The van der Waals surface area contributed by atoms with Crippen molar-refractivity contribution in [1.82, 2.24) is 20.1 Å². The fourth-order valence-corrected chi connectivity index (χ4v) is 1.81. The van der Waals surface area contributed by atoms with Gasteiger partial charge >= 0.3 is 0 Å². The van der Waals surface area contributed by atoms with E-state index in [1.165, 1.54) is 6.33 Å². The van der Waals surface area contributed by atoms with E-state index in [-0.39, 0.29) is 5.91 Å². The molecule has 0 bridgehead atoms. The molecular weight excluding hydrogens is 242 g/mol. The van der Waals surface area contributed by atoms with E-state index in [9.17, 15) is 4.79 Å². The number of hydrogen-bond donors (Lipinski definition) is 2. The van der Waals surface area contributed by atoms with Gasteiger partial charge in [0.2, 0.25) is 5.91 Å². The highest BCUT2D eigenvalue weighted by Gasteiger charge is 2.10. The molecule has 0 spiro atoms. The van der Waals surface area contributed by atoms with Crippen molar-refractivity contribution in [3.8, 4) is 0 Å². The molecule has 3 N–H and O–H groups in total.